The Kier molecular flexibility index (Phi) is 4.69. The second-order valence-corrected chi connectivity index (χ2v) is 7.05. The first-order valence-electron chi connectivity index (χ1n) is 9.30. The quantitative estimate of drug-likeness (QED) is 0.716. The minimum absolute atomic E-state index is 0.0430. The number of aromatic nitrogens is 2. The van der Waals surface area contributed by atoms with Gasteiger partial charge in [0.1, 0.15) is 11.2 Å². The summed E-state index contributed by atoms with van der Waals surface area (Å²) >= 11 is 0. The van der Waals surface area contributed by atoms with E-state index in [4.69, 9.17) is 9.52 Å². The molecule has 0 aliphatic heterocycles. The first-order chi connectivity index (χ1) is 12.7. The Morgan fingerprint density at radius 1 is 1.23 bits per heavy atom. The number of pyridine rings is 1. The zero-order chi connectivity index (χ0) is 17.9. The molecule has 26 heavy (non-hydrogen) atoms. The second-order valence-electron chi connectivity index (χ2n) is 7.05. The Balaban J connectivity index is 1.66. The van der Waals surface area contributed by atoms with Crippen LogP contribution >= 0.6 is 0 Å². The van der Waals surface area contributed by atoms with Crippen molar-refractivity contribution in [3.63, 3.8) is 0 Å². The number of rotatable bonds is 3. The number of aryl methyl sites for hydroxylation is 1. The molecule has 0 saturated heterocycles. The number of hydrogen-bond acceptors (Lipinski definition) is 4. The molecule has 1 aliphatic rings. The number of carbonyl (C=O) groups is 1. The molecule has 2 heterocycles. The summed E-state index contributed by atoms with van der Waals surface area (Å²) < 4.78 is 6.98. The highest BCUT2D eigenvalue weighted by Crippen LogP contribution is 2.20. The summed E-state index contributed by atoms with van der Waals surface area (Å²) in [6.45, 7) is 2.03. The summed E-state index contributed by atoms with van der Waals surface area (Å²) in [4.78, 5) is 17.8. The average Bonchev–Trinajstić information content (AvgIpc) is 3.06. The van der Waals surface area contributed by atoms with Gasteiger partial charge in [0, 0.05) is 11.6 Å². The van der Waals surface area contributed by atoms with E-state index in [2.05, 4.69) is 5.16 Å². The number of benzene rings is 1. The van der Waals surface area contributed by atoms with Crippen molar-refractivity contribution in [2.75, 3.05) is 0 Å². The fourth-order valence-corrected chi connectivity index (χ4v) is 3.59. The Morgan fingerprint density at radius 3 is 2.88 bits per heavy atom. The number of hydrogen-bond donors (Lipinski definition) is 0. The molecule has 0 amide bonds. The standard InChI is InChI=1S/C21H23N3O2/c1-15-11-12-24(20(13-15)22-16-7-3-2-4-8-16)21(25)14-18-17-9-5-6-10-19(17)26-23-18/h5-6,9-13,16H,2-4,7-8,14H2,1H3. The zero-order valence-corrected chi connectivity index (χ0v) is 15.0. The predicted molar refractivity (Wildman–Crippen MR) is 99.9 cm³/mol. The monoisotopic (exact) mass is 349 g/mol. The topological polar surface area (TPSA) is 60.4 Å². The molecule has 2 aromatic heterocycles. The molecule has 0 bridgehead atoms. The lowest BCUT2D eigenvalue weighted by molar-refractivity contribution is 0.0906. The minimum Gasteiger partial charge on any atom is -0.356 e. The van der Waals surface area contributed by atoms with Crippen LogP contribution in [0, 0.1) is 6.92 Å². The molecule has 3 aromatic rings. The van der Waals surface area contributed by atoms with Crippen LogP contribution in [0.4, 0.5) is 0 Å². The molecule has 134 valence electrons. The van der Waals surface area contributed by atoms with Crippen molar-refractivity contribution in [2.45, 2.75) is 51.5 Å². The third-order valence-electron chi connectivity index (χ3n) is 5.02. The normalized spacial score (nSPS) is 16.3. The molecule has 1 saturated carbocycles. The van der Waals surface area contributed by atoms with Crippen LogP contribution in [-0.4, -0.2) is 21.7 Å². The highest BCUT2D eigenvalue weighted by molar-refractivity contribution is 5.87. The molecule has 1 aromatic carbocycles. The minimum atomic E-state index is -0.0430. The Bertz CT molecular complexity index is 994. The molecule has 0 unspecified atom stereocenters. The van der Waals surface area contributed by atoms with Gasteiger partial charge in [-0.05, 0) is 49.6 Å². The maximum atomic E-state index is 13.0. The van der Waals surface area contributed by atoms with Crippen LogP contribution in [0.15, 0.2) is 52.1 Å². The smallest absolute Gasteiger partial charge is 0.238 e. The Hall–Kier alpha value is -2.69. The molecule has 5 heteroatoms. The zero-order valence-electron chi connectivity index (χ0n) is 15.0. The van der Waals surface area contributed by atoms with Crippen LogP contribution in [-0.2, 0) is 6.42 Å². The predicted octanol–water partition coefficient (Wildman–Crippen LogP) is 4.05. The lowest BCUT2D eigenvalue weighted by atomic mass is 9.96. The van der Waals surface area contributed by atoms with Gasteiger partial charge in [0.2, 0.25) is 5.91 Å². The molecule has 1 fully saturated rings. The first-order valence-corrected chi connectivity index (χ1v) is 9.30. The fraction of sp³-hybridized carbons (Fsp3) is 0.381. The van der Waals surface area contributed by atoms with Crippen molar-refractivity contribution in [2.24, 2.45) is 4.99 Å². The lowest BCUT2D eigenvalue weighted by Gasteiger charge is -2.18. The van der Waals surface area contributed by atoms with Gasteiger partial charge in [0.05, 0.1) is 12.5 Å². The fourth-order valence-electron chi connectivity index (χ4n) is 3.59. The summed E-state index contributed by atoms with van der Waals surface area (Å²) in [5.74, 6) is -0.0430. The van der Waals surface area contributed by atoms with Crippen molar-refractivity contribution < 1.29 is 9.32 Å². The van der Waals surface area contributed by atoms with E-state index in [1.807, 2.05) is 49.5 Å². The van der Waals surface area contributed by atoms with Gasteiger partial charge in [-0.1, -0.05) is 36.6 Å². The molecule has 4 rings (SSSR count). The van der Waals surface area contributed by atoms with E-state index >= 15 is 0 Å². The summed E-state index contributed by atoms with van der Waals surface area (Å²) in [6.07, 6.45) is 7.96. The van der Waals surface area contributed by atoms with Gasteiger partial charge in [-0.25, -0.2) is 0 Å². The number of nitrogens with zero attached hydrogens (tertiary/aromatic N) is 3. The van der Waals surface area contributed by atoms with Crippen molar-refractivity contribution >= 4 is 16.9 Å². The molecule has 5 nitrogen and oxygen atoms in total. The maximum Gasteiger partial charge on any atom is 0.238 e. The SMILES string of the molecule is Cc1ccn(C(=O)Cc2noc3ccccc23)c(=NC2CCCCC2)c1. The van der Waals surface area contributed by atoms with Crippen LogP contribution in [0.25, 0.3) is 11.0 Å². The van der Waals surface area contributed by atoms with Gasteiger partial charge in [-0.15, -0.1) is 0 Å². The molecular formula is C21H23N3O2. The van der Waals surface area contributed by atoms with Crippen molar-refractivity contribution in [3.8, 4) is 0 Å². The molecule has 1 aliphatic carbocycles. The van der Waals surface area contributed by atoms with Gasteiger partial charge < -0.3 is 4.52 Å². The lowest BCUT2D eigenvalue weighted by Crippen LogP contribution is -2.30. The number of carbonyl (C=O) groups excluding carboxylic acids is 1. The summed E-state index contributed by atoms with van der Waals surface area (Å²) in [5.41, 5.74) is 3.23. The summed E-state index contributed by atoms with van der Waals surface area (Å²) in [7, 11) is 0. The van der Waals surface area contributed by atoms with Crippen molar-refractivity contribution in [3.05, 3.63) is 59.3 Å². The maximum absolute atomic E-state index is 13.0. The number of para-hydroxylation sites is 1. The van der Waals surface area contributed by atoms with Gasteiger partial charge in [-0.2, -0.15) is 0 Å². The molecular weight excluding hydrogens is 326 g/mol. The van der Waals surface area contributed by atoms with Gasteiger partial charge in [-0.3, -0.25) is 14.4 Å². The summed E-state index contributed by atoms with van der Waals surface area (Å²) in [5, 5.41) is 4.97. The van der Waals surface area contributed by atoms with E-state index in [-0.39, 0.29) is 12.3 Å². The molecule has 0 N–H and O–H groups in total. The molecule has 0 atom stereocenters. The van der Waals surface area contributed by atoms with E-state index < -0.39 is 0 Å². The van der Waals surface area contributed by atoms with Crippen LogP contribution in [0.3, 0.4) is 0 Å². The third-order valence-corrected chi connectivity index (χ3v) is 5.02. The van der Waals surface area contributed by atoms with Crippen LogP contribution in [0.1, 0.15) is 48.2 Å². The molecule has 0 spiro atoms. The number of fused-ring (bicyclic) bond motifs is 1. The van der Waals surface area contributed by atoms with E-state index in [0.717, 1.165) is 29.3 Å². The first kappa shape index (κ1) is 16.8. The van der Waals surface area contributed by atoms with Gasteiger partial charge in [0.25, 0.3) is 0 Å². The summed E-state index contributed by atoms with van der Waals surface area (Å²) in [6, 6.07) is 11.9. The Morgan fingerprint density at radius 2 is 2.04 bits per heavy atom. The third kappa shape index (κ3) is 3.47. The Labute approximate surface area is 152 Å². The van der Waals surface area contributed by atoms with E-state index in [1.165, 1.54) is 19.3 Å². The van der Waals surface area contributed by atoms with Crippen LogP contribution < -0.4 is 5.49 Å². The van der Waals surface area contributed by atoms with Crippen LogP contribution in [0.2, 0.25) is 0 Å². The highest BCUT2D eigenvalue weighted by atomic mass is 16.5. The average molecular weight is 349 g/mol. The van der Waals surface area contributed by atoms with E-state index in [1.54, 1.807) is 4.57 Å². The molecule has 0 radical (unpaired) electrons. The van der Waals surface area contributed by atoms with E-state index in [0.29, 0.717) is 17.3 Å². The van der Waals surface area contributed by atoms with Gasteiger partial charge in [0.15, 0.2) is 5.58 Å². The highest BCUT2D eigenvalue weighted by Gasteiger charge is 2.16. The second kappa shape index (κ2) is 7.28. The largest absolute Gasteiger partial charge is 0.356 e. The van der Waals surface area contributed by atoms with Crippen molar-refractivity contribution in [1.29, 1.82) is 0 Å². The van der Waals surface area contributed by atoms with Crippen molar-refractivity contribution in [1.82, 2.24) is 9.72 Å². The van der Waals surface area contributed by atoms with E-state index in [9.17, 15) is 4.79 Å². The van der Waals surface area contributed by atoms with Crippen LogP contribution in [0.5, 0.6) is 0 Å². The van der Waals surface area contributed by atoms with Gasteiger partial charge >= 0.3 is 0 Å².